The fourth-order valence-electron chi connectivity index (χ4n) is 2.44. The van der Waals surface area contributed by atoms with Gasteiger partial charge in [-0.3, -0.25) is 14.9 Å². The molecule has 0 saturated heterocycles. The van der Waals surface area contributed by atoms with Gasteiger partial charge in [0.1, 0.15) is 5.82 Å². The summed E-state index contributed by atoms with van der Waals surface area (Å²) in [6.45, 7) is 0.267. The predicted octanol–water partition coefficient (Wildman–Crippen LogP) is 2.89. The molecule has 8 heteroatoms. The number of nitro benzene ring substituents is 1. The number of carbonyl (C=O) groups excluding carboxylic acids is 1. The largest absolute Gasteiger partial charge is 0.350 e. The topological polar surface area (TPSA) is 90.1 Å². The van der Waals surface area contributed by atoms with E-state index >= 15 is 0 Å². The molecule has 0 atom stereocenters. The molecule has 1 aromatic heterocycles. The Kier molecular flexibility index (Phi) is 5.02. The lowest BCUT2D eigenvalue weighted by Crippen LogP contribution is -2.26. The third kappa shape index (κ3) is 3.92. The number of benzene rings is 2. The molecule has 0 aliphatic rings. The van der Waals surface area contributed by atoms with Crippen LogP contribution in [0.5, 0.6) is 0 Å². The number of aromatic nitrogens is 2. The first-order valence-corrected chi connectivity index (χ1v) is 7.87. The minimum Gasteiger partial charge on any atom is -0.350 e. The van der Waals surface area contributed by atoms with Crippen LogP contribution in [0, 0.1) is 15.9 Å². The summed E-state index contributed by atoms with van der Waals surface area (Å²) < 4.78 is 14.9. The first kappa shape index (κ1) is 17.3. The minimum absolute atomic E-state index is 0.0612. The second-order valence-electron chi connectivity index (χ2n) is 5.52. The van der Waals surface area contributed by atoms with E-state index in [9.17, 15) is 19.3 Å². The van der Waals surface area contributed by atoms with Crippen molar-refractivity contribution in [2.24, 2.45) is 0 Å². The van der Waals surface area contributed by atoms with E-state index in [-0.39, 0.29) is 23.7 Å². The van der Waals surface area contributed by atoms with Crippen LogP contribution in [-0.2, 0) is 6.42 Å². The maximum absolute atomic E-state index is 13.5. The molecule has 1 amide bonds. The quantitative estimate of drug-likeness (QED) is 0.544. The Labute approximate surface area is 148 Å². The highest BCUT2D eigenvalue weighted by Gasteiger charge is 2.12. The van der Waals surface area contributed by atoms with Gasteiger partial charge in [0.25, 0.3) is 11.6 Å². The molecule has 3 rings (SSSR count). The standard InChI is InChI=1S/C18H15FN4O3/c19-16-7-2-1-4-13(16)8-10-20-18(24)17-9-11-22(21-17)14-5-3-6-15(12-14)23(25)26/h1-7,9,11-12H,8,10H2,(H,20,24). The summed E-state index contributed by atoms with van der Waals surface area (Å²) >= 11 is 0. The first-order valence-electron chi connectivity index (χ1n) is 7.87. The lowest BCUT2D eigenvalue weighted by molar-refractivity contribution is -0.384. The second-order valence-corrected chi connectivity index (χ2v) is 5.52. The van der Waals surface area contributed by atoms with Gasteiger partial charge in [-0.2, -0.15) is 5.10 Å². The van der Waals surface area contributed by atoms with Gasteiger partial charge < -0.3 is 5.32 Å². The van der Waals surface area contributed by atoms with Gasteiger partial charge in [-0.05, 0) is 30.2 Å². The molecule has 7 nitrogen and oxygen atoms in total. The minimum atomic E-state index is -0.497. The van der Waals surface area contributed by atoms with Gasteiger partial charge in [0.2, 0.25) is 0 Å². The fourth-order valence-corrected chi connectivity index (χ4v) is 2.44. The summed E-state index contributed by atoms with van der Waals surface area (Å²) in [7, 11) is 0. The molecule has 1 heterocycles. The van der Waals surface area contributed by atoms with Gasteiger partial charge in [0.05, 0.1) is 10.6 Å². The van der Waals surface area contributed by atoms with Crippen LogP contribution in [0.4, 0.5) is 10.1 Å². The number of nitrogens with zero attached hydrogens (tertiary/aromatic N) is 3. The Morgan fingerprint density at radius 2 is 2.00 bits per heavy atom. The number of non-ortho nitro benzene ring substituents is 1. The zero-order valence-electron chi connectivity index (χ0n) is 13.6. The zero-order valence-corrected chi connectivity index (χ0v) is 13.6. The van der Waals surface area contributed by atoms with Crippen molar-refractivity contribution in [3.8, 4) is 5.69 Å². The maximum atomic E-state index is 13.5. The van der Waals surface area contributed by atoms with Gasteiger partial charge in [0.15, 0.2) is 5.69 Å². The van der Waals surface area contributed by atoms with E-state index in [1.807, 2.05) is 0 Å². The third-order valence-electron chi connectivity index (χ3n) is 3.76. The Bertz CT molecular complexity index is 955. The van der Waals surface area contributed by atoms with Crippen LogP contribution in [0.3, 0.4) is 0 Å². The Morgan fingerprint density at radius 1 is 1.19 bits per heavy atom. The summed E-state index contributed by atoms with van der Waals surface area (Å²) in [5, 5.41) is 17.7. The van der Waals surface area contributed by atoms with Crippen molar-refractivity contribution in [2.75, 3.05) is 6.54 Å². The number of rotatable bonds is 6. The predicted molar refractivity (Wildman–Crippen MR) is 92.7 cm³/mol. The van der Waals surface area contributed by atoms with Crippen LogP contribution in [0.2, 0.25) is 0 Å². The lowest BCUT2D eigenvalue weighted by atomic mass is 10.1. The molecule has 0 fully saturated rings. The number of hydrogen-bond acceptors (Lipinski definition) is 4. The van der Waals surface area contributed by atoms with Crippen LogP contribution >= 0.6 is 0 Å². The van der Waals surface area contributed by atoms with Crippen LogP contribution in [0.15, 0.2) is 60.8 Å². The van der Waals surface area contributed by atoms with Crippen molar-refractivity contribution in [3.63, 3.8) is 0 Å². The van der Waals surface area contributed by atoms with Crippen molar-refractivity contribution < 1.29 is 14.1 Å². The van der Waals surface area contributed by atoms with Crippen LogP contribution < -0.4 is 5.32 Å². The van der Waals surface area contributed by atoms with Gasteiger partial charge >= 0.3 is 0 Å². The van der Waals surface area contributed by atoms with E-state index < -0.39 is 10.8 Å². The molecule has 0 bridgehead atoms. The molecule has 0 aliphatic heterocycles. The van der Waals surface area contributed by atoms with Crippen LogP contribution in [0.1, 0.15) is 16.1 Å². The molecule has 1 N–H and O–H groups in total. The number of carbonyl (C=O) groups is 1. The van der Waals surface area contributed by atoms with Gasteiger partial charge in [-0.25, -0.2) is 9.07 Å². The average molecular weight is 354 g/mol. The van der Waals surface area contributed by atoms with Crippen molar-refractivity contribution >= 4 is 11.6 Å². The van der Waals surface area contributed by atoms with Gasteiger partial charge in [0, 0.05) is 24.9 Å². The highest BCUT2D eigenvalue weighted by Crippen LogP contribution is 2.16. The number of halogens is 1. The van der Waals surface area contributed by atoms with E-state index in [1.165, 1.54) is 28.9 Å². The van der Waals surface area contributed by atoms with Crippen molar-refractivity contribution in [1.29, 1.82) is 0 Å². The average Bonchev–Trinajstić information content (AvgIpc) is 3.13. The van der Waals surface area contributed by atoms with E-state index in [1.54, 1.807) is 36.5 Å². The Hall–Kier alpha value is -3.55. The van der Waals surface area contributed by atoms with Crippen LogP contribution in [-0.4, -0.2) is 27.2 Å². The SMILES string of the molecule is O=C(NCCc1ccccc1F)c1ccn(-c2cccc([N+](=O)[O-])c2)n1. The molecule has 0 spiro atoms. The molecule has 132 valence electrons. The molecule has 3 aromatic rings. The molecule has 0 saturated carbocycles. The Morgan fingerprint density at radius 3 is 2.77 bits per heavy atom. The maximum Gasteiger partial charge on any atom is 0.271 e. The van der Waals surface area contributed by atoms with E-state index in [0.717, 1.165) is 0 Å². The van der Waals surface area contributed by atoms with Crippen molar-refractivity contribution in [3.05, 3.63) is 88.0 Å². The van der Waals surface area contributed by atoms with Gasteiger partial charge in [-0.15, -0.1) is 0 Å². The normalized spacial score (nSPS) is 10.5. The lowest BCUT2D eigenvalue weighted by Gasteiger charge is -2.05. The Balaban J connectivity index is 1.64. The number of nitro groups is 1. The second kappa shape index (κ2) is 7.56. The summed E-state index contributed by atoms with van der Waals surface area (Å²) in [6, 6.07) is 13.8. The van der Waals surface area contributed by atoms with Gasteiger partial charge in [-0.1, -0.05) is 24.3 Å². The molecule has 0 unspecified atom stereocenters. The third-order valence-corrected chi connectivity index (χ3v) is 3.76. The van der Waals surface area contributed by atoms with Crippen LogP contribution in [0.25, 0.3) is 5.69 Å². The molecule has 26 heavy (non-hydrogen) atoms. The van der Waals surface area contributed by atoms with E-state index in [2.05, 4.69) is 10.4 Å². The highest BCUT2D eigenvalue weighted by molar-refractivity contribution is 5.92. The zero-order chi connectivity index (χ0) is 18.5. The first-order chi connectivity index (χ1) is 12.5. The molecule has 0 radical (unpaired) electrons. The molecular formula is C18H15FN4O3. The fraction of sp³-hybridized carbons (Fsp3) is 0.111. The number of nitrogens with one attached hydrogen (secondary N) is 1. The van der Waals surface area contributed by atoms with Crippen molar-refractivity contribution in [2.45, 2.75) is 6.42 Å². The highest BCUT2D eigenvalue weighted by atomic mass is 19.1. The summed E-state index contributed by atoms with van der Waals surface area (Å²) in [5.41, 5.74) is 1.11. The monoisotopic (exact) mass is 354 g/mol. The molecular weight excluding hydrogens is 339 g/mol. The summed E-state index contributed by atoms with van der Waals surface area (Å²) in [4.78, 5) is 22.5. The summed E-state index contributed by atoms with van der Waals surface area (Å²) in [5.74, 6) is -0.706. The summed E-state index contributed by atoms with van der Waals surface area (Å²) in [6.07, 6.45) is 1.91. The van der Waals surface area contributed by atoms with E-state index in [4.69, 9.17) is 0 Å². The molecule has 0 aliphatic carbocycles. The number of hydrogen-bond donors (Lipinski definition) is 1. The van der Waals surface area contributed by atoms with E-state index in [0.29, 0.717) is 17.7 Å². The molecule has 2 aromatic carbocycles. The smallest absolute Gasteiger partial charge is 0.271 e. The van der Waals surface area contributed by atoms with Crippen molar-refractivity contribution in [1.82, 2.24) is 15.1 Å². The number of amides is 1.